The van der Waals surface area contributed by atoms with Crippen LogP contribution >= 0.6 is 0 Å². The molecule has 0 aliphatic rings. The van der Waals surface area contributed by atoms with E-state index in [0.29, 0.717) is 0 Å². The molecule has 0 aliphatic carbocycles. The largest absolute Gasteiger partial charge is 1.00 e. The SMILES string of the molecule is CCCCCCCC[N+](C)(CC)CCCCCCCC.[Br-]. The molecule has 0 aromatic rings. The molecule has 0 aromatic heterocycles. The number of rotatable bonds is 15. The van der Waals surface area contributed by atoms with Crippen LogP contribution < -0.4 is 17.0 Å². The Bertz CT molecular complexity index is 178. The molecule has 0 saturated carbocycles. The fourth-order valence-corrected chi connectivity index (χ4v) is 2.98. The van der Waals surface area contributed by atoms with Crippen LogP contribution in [0.2, 0.25) is 0 Å². The van der Waals surface area contributed by atoms with E-state index in [1.807, 2.05) is 0 Å². The average molecular weight is 364 g/mol. The normalized spacial score (nSPS) is 11.4. The Morgan fingerprint density at radius 2 is 0.857 bits per heavy atom. The summed E-state index contributed by atoms with van der Waals surface area (Å²) in [5.41, 5.74) is 0. The predicted molar refractivity (Wildman–Crippen MR) is 93.2 cm³/mol. The summed E-state index contributed by atoms with van der Waals surface area (Å²) in [4.78, 5) is 0. The Morgan fingerprint density at radius 3 is 1.19 bits per heavy atom. The average Bonchev–Trinajstić information content (AvgIpc) is 2.46. The Morgan fingerprint density at radius 1 is 0.524 bits per heavy atom. The van der Waals surface area contributed by atoms with Gasteiger partial charge in [0.1, 0.15) is 0 Å². The molecule has 0 unspecified atom stereocenters. The lowest BCUT2D eigenvalue weighted by molar-refractivity contribution is -0.908. The minimum absolute atomic E-state index is 0. The lowest BCUT2D eigenvalue weighted by Gasteiger charge is -2.33. The molecule has 0 aliphatic heterocycles. The summed E-state index contributed by atoms with van der Waals surface area (Å²) in [5.74, 6) is 0. The fraction of sp³-hybridized carbons (Fsp3) is 1.00. The van der Waals surface area contributed by atoms with Gasteiger partial charge in [-0.3, -0.25) is 0 Å². The maximum Gasteiger partial charge on any atom is 0.0784 e. The zero-order chi connectivity index (χ0) is 15.1. The van der Waals surface area contributed by atoms with Crippen LogP contribution in [0.1, 0.15) is 97.8 Å². The van der Waals surface area contributed by atoms with Gasteiger partial charge in [0.2, 0.25) is 0 Å². The molecule has 0 radical (unpaired) electrons. The monoisotopic (exact) mass is 363 g/mol. The van der Waals surface area contributed by atoms with E-state index < -0.39 is 0 Å². The van der Waals surface area contributed by atoms with Gasteiger partial charge in [0.05, 0.1) is 26.7 Å². The van der Waals surface area contributed by atoms with Gasteiger partial charge in [-0.25, -0.2) is 0 Å². The molecule has 1 nitrogen and oxygen atoms in total. The number of unbranched alkanes of at least 4 members (excludes halogenated alkanes) is 10. The van der Waals surface area contributed by atoms with Crippen LogP contribution in [0.5, 0.6) is 0 Å². The highest BCUT2D eigenvalue weighted by Crippen LogP contribution is 2.13. The van der Waals surface area contributed by atoms with Crippen molar-refractivity contribution < 1.29 is 21.5 Å². The minimum Gasteiger partial charge on any atom is -1.00 e. The van der Waals surface area contributed by atoms with E-state index in [0.717, 1.165) is 0 Å². The van der Waals surface area contributed by atoms with E-state index >= 15 is 0 Å². The smallest absolute Gasteiger partial charge is 0.0784 e. The van der Waals surface area contributed by atoms with Gasteiger partial charge in [-0.2, -0.15) is 0 Å². The molecule has 0 bridgehead atoms. The first-order valence-corrected chi connectivity index (χ1v) is 9.52. The van der Waals surface area contributed by atoms with Crippen LogP contribution in [0.15, 0.2) is 0 Å². The molecule has 0 spiro atoms. The van der Waals surface area contributed by atoms with Gasteiger partial charge >= 0.3 is 0 Å². The summed E-state index contributed by atoms with van der Waals surface area (Å²) in [5, 5.41) is 0. The summed E-state index contributed by atoms with van der Waals surface area (Å²) in [6.45, 7) is 11.1. The zero-order valence-corrected chi connectivity index (χ0v) is 17.0. The molecular formula is C19H42BrN. The van der Waals surface area contributed by atoms with Gasteiger partial charge < -0.3 is 21.5 Å². The number of hydrogen-bond donors (Lipinski definition) is 0. The topological polar surface area (TPSA) is 0 Å². The predicted octanol–water partition coefficient (Wildman–Crippen LogP) is 3.18. The quantitative estimate of drug-likeness (QED) is 0.309. The minimum atomic E-state index is 0. The highest BCUT2D eigenvalue weighted by molar-refractivity contribution is 4.48. The standard InChI is InChI=1S/C19H42N.BrH/c1-5-8-10-12-14-16-18-20(4,7-3)19-17-15-13-11-9-6-2;/h5-19H2,1-4H3;1H/q+1;/p-1. The molecule has 0 atom stereocenters. The highest BCUT2D eigenvalue weighted by atomic mass is 79.9. The van der Waals surface area contributed by atoms with Crippen molar-refractivity contribution in [2.75, 3.05) is 26.7 Å². The summed E-state index contributed by atoms with van der Waals surface area (Å²) in [7, 11) is 2.47. The van der Waals surface area contributed by atoms with Crippen molar-refractivity contribution in [3.63, 3.8) is 0 Å². The van der Waals surface area contributed by atoms with E-state index in [4.69, 9.17) is 0 Å². The van der Waals surface area contributed by atoms with E-state index in [9.17, 15) is 0 Å². The van der Waals surface area contributed by atoms with Crippen molar-refractivity contribution in [2.24, 2.45) is 0 Å². The Hall–Kier alpha value is 0.440. The lowest BCUT2D eigenvalue weighted by atomic mass is 10.1. The molecular weight excluding hydrogens is 322 g/mol. The van der Waals surface area contributed by atoms with Gasteiger partial charge in [0, 0.05) is 0 Å². The maximum atomic E-state index is 2.47. The highest BCUT2D eigenvalue weighted by Gasteiger charge is 2.17. The summed E-state index contributed by atoms with van der Waals surface area (Å²) in [6, 6.07) is 0. The van der Waals surface area contributed by atoms with Crippen LogP contribution in [0, 0.1) is 0 Å². The van der Waals surface area contributed by atoms with Crippen molar-refractivity contribution in [1.82, 2.24) is 0 Å². The fourth-order valence-electron chi connectivity index (χ4n) is 2.98. The third kappa shape index (κ3) is 15.1. The number of hydrogen-bond acceptors (Lipinski definition) is 0. The molecule has 0 N–H and O–H groups in total. The van der Waals surface area contributed by atoms with E-state index in [2.05, 4.69) is 27.8 Å². The second-order valence-electron chi connectivity index (χ2n) is 6.92. The third-order valence-corrected chi connectivity index (χ3v) is 4.87. The first-order chi connectivity index (χ1) is 9.68. The van der Waals surface area contributed by atoms with E-state index in [1.165, 1.54) is 101 Å². The van der Waals surface area contributed by atoms with Gasteiger partial charge in [0.15, 0.2) is 0 Å². The molecule has 0 heterocycles. The summed E-state index contributed by atoms with van der Waals surface area (Å²) >= 11 is 0. The lowest BCUT2D eigenvalue weighted by Crippen LogP contribution is -3.00. The van der Waals surface area contributed by atoms with Crippen LogP contribution in [-0.2, 0) is 0 Å². The zero-order valence-electron chi connectivity index (χ0n) is 15.4. The Kier molecular flexibility index (Phi) is 19.0. The van der Waals surface area contributed by atoms with Crippen molar-refractivity contribution >= 4 is 0 Å². The molecule has 0 aromatic carbocycles. The molecule has 2 heteroatoms. The van der Waals surface area contributed by atoms with Crippen molar-refractivity contribution in [3.05, 3.63) is 0 Å². The van der Waals surface area contributed by atoms with Gasteiger partial charge in [-0.05, 0) is 32.6 Å². The first-order valence-electron chi connectivity index (χ1n) is 9.52. The van der Waals surface area contributed by atoms with Gasteiger partial charge in [-0.15, -0.1) is 0 Å². The van der Waals surface area contributed by atoms with Crippen molar-refractivity contribution in [2.45, 2.75) is 97.8 Å². The van der Waals surface area contributed by atoms with Crippen molar-refractivity contribution in [1.29, 1.82) is 0 Å². The molecule has 0 rings (SSSR count). The molecule has 0 fully saturated rings. The molecule has 130 valence electrons. The van der Waals surface area contributed by atoms with E-state index in [1.54, 1.807) is 0 Å². The number of nitrogens with zero attached hydrogens (tertiary/aromatic N) is 1. The number of halogens is 1. The molecule has 0 saturated heterocycles. The Balaban J connectivity index is 0. The molecule has 0 amide bonds. The summed E-state index contributed by atoms with van der Waals surface area (Å²) in [6.07, 6.45) is 17.1. The molecule has 21 heavy (non-hydrogen) atoms. The van der Waals surface area contributed by atoms with Crippen LogP contribution in [0.25, 0.3) is 0 Å². The van der Waals surface area contributed by atoms with Gasteiger partial charge in [-0.1, -0.05) is 65.2 Å². The number of quaternary nitrogens is 1. The maximum absolute atomic E-state index is 2.47. The van der Waals surface area contributed by atoms with Crippen LogP contribution in [-0.4, -0.2) is 31.2 Å². The third-order valence-electron chi connectivity index (χ3n) is 4.87. The summed E-state index contributed by atoms with van der Waals surface area (Å²) < 4.78 is 1.31. The Labute approximate surface area is 146 Å². The first kappa shape index (κ1) is 23.7. The van der Waals surface area contributed by atoms with E-state index in [-0.39, 0.29) is 17.0 Å². The second kappa shape index (κ2) is 16.8. The van der Waals surface area contributed by atoms with Gasteiger partial charge in [0.25, 0.3) is 0 Å². The van der Waals surface area contributed by atoms with Crippen molar-refractivity contribution in [3.8, 4) is 0 Å². The van der Waals surface area contributed by atoms with Crippen LogP contribution in [0.4, 0.5) is 0 Å². The van der Waals surface area contributed by atoms with Crippen LogP contribution in [0.3, 0.4) is 0 Å². The second-order valence-corrected chi connectivity index (χ2v) is 6.92.